The number of ether oxygens (including phenoxy) is 2. The van der Waals surface area contributed by atoms with E-state index in [9.17, 15) is 9.59 Å². The molecule has 0 aliphatic rings. The number of nitrogens with zero attached hydrogens (tertiary/aromatic N) is 1. The van der Waals surface area contributed by atoms with Crippen molar-refractivity contribution in [3.05, 3.63) is 93.8 Å². The summed E-state index contributed by atoms with van der Waals surface area (Å²) in [6, 6.07) is 21.2. The number of hydrazone groups is 1. The number of benzene rings is 3. The summed E-state index contributed by atoms with van der Waals surface area (Å²) in [6.07, 6.45) is 3.55. The summed E-state index contributed by atoms with van der Waals surface area (Å²) in [5.41, 5.74) is 3.65. The highest BCUT2D eigenvalue weighted by Gasteiger charge is 2.16. The minimum absolute atomic E-state index is 0.375. The highest BCUT2D eigenvalue weighted by Crippen LogP contribution is 2.34. The summed E-state index contributed by atoms with van der Waals surface area (Å²) >= 11 is 7.65. The summed E-state index contributed by atoms with van der Waals surface area (Å²) in [4.78, 5) is 25.3. The molecule has 178 valence electrons. The van der Waals surface area contributed by atoms with Crippen LogP contribution in [0, 0.1) is 0 Å². The van der Waals surface area contributed by atoms with Gasteiger partial charge in [-0.2, -0.15) is 5.10 Å². The van der Waals surface area contributed by atoms with Gasteiger partial charge in [0.15, 0.2) is 0 Å². The van der Waals surface area contributed by atoms with Crippen LogP contribution in [0.1, 0.15) is 45.4 Å². The number of hydrogen-bond acceptors (Lipinski definition) is 6. The van der Waals surface area contributed by atoms with Gasteiger partial charge in [0, 0.05) is 10.1 Å². The van der Waals surface area contributed by atoms with Gasteiger partial charge in [-0.15, -0.1) is 11.3 Å². The quantitative estimate of drug-likeness (QED) is 0.0898. The fourth-order valence-electron chi connectivity index (χ4n) is 3.19. The van der Waals surface area contributed by atoms with Crippen molar-refractivity contribution in [3.8, 4) is 11.5 Å². The zero-order valence-electron chi connectivity index (χ0n) is 19.0. The number of amides is 1. The average Bonchev–Trinajstić information content (AvgIpc) is 3.22. The molecule has 1 N–H and O–H groups in total. The lowest BCUT2D eigenvalue weighted by Gasteiger charge is -2.07. The summed E-state index contributed by atoms with van der Waals surface area (Å²) in [7, 11) is 0. The second-order valence-electron chi connectivity index (χ2n) is 7.63. The van der Waals surface area contributed by atoms with E-state index < -0.39 is 5.97 Å². The Morgan fingerprint density at radius 2 is 1.71 bits per heavy atom. The predicted molar refractivity (Wildman–Crippen MR) is 140 cm³/mol. The van der Waals surface area contributed by atoms with E-state index in [1.54, 1.807) is 48.5 Å². The molecule has 0 saturated carbocycles. The van der Waals surface area contributed by atoms with Crippen molar-refractivity contribution in [2.24, 2.45) is 5.10 Å². The molecular weight excluding hydrogens is 484 g/mol. The molecule has 0 aliphatic carbocycles. The first-order chi connectivity index (χ1) is 17.0. The third-order valence-electron chi connectivity index (χ3n) is 5.07. The molecule has 8 heteroatoms. The standard InChI is InChI=1S/C27H23ClN2O4S/c1-2-3-16-33-20-14-10-19(11-15-20)27(32)34-21-12-8-18(9-13-21)17-29-30-26(31)25-24(28)22-6-4-5-7-23(22)35-25/h4-15,17H,2-3,16H2,1H3,(H,30,31). The van der Waals surface area contributed by atoms with E-state index in [-0.39, 0.29) is 5.91 Å². The number of esters is 1. The monoisotopic (exact) mass is 506 g/mol. The Hall–Kier alpha value is -3.68. The van der Waals surface area contributed by atoms with Crippen molar-refractivity contribution in [1.82, 2.24) is 5.43 Å². The third kappa shape index (κ3) is 6.26. The molecule has 0 fully saturated rings. The number of rotatable bonds is 9. The number of halogens is 1. The van der Waals surface area contributed by atoms with Crippen LogP contribution >= 0.6 is 22.9 Å². The molecule has 1 heterocycles. The number of carbonyl (C=O) groups excluding carboxylic acids is 2. The molecule has 1 amide bonds. The average molecular weight is 507 g/mol. The number of nitrogens with one attached hydrogen (secondary N) is 1. The van der Waals surface area contributed by atoms with Crippen molar-refractivity contribution < 1.29 is 19.1 Å². The Labute approximate surface area is 212 Å². The van der Waals surface area contributed by atoms with E-state index in [4.69, 9.17) is 21.1 Å². The minimum Gasteiger partial charge on any atom is -0.494 e. The molecule has 0 spiro atoms. The lowest BCUT2D eigenvalue weighted by molar-refractivity contribution is 0.0734. The zero-order chi connectivity index (χ0) is 24.6. The van der Waals surface area contributed by atoms with Crippen molar-refractivity contribution in [1.29, 1.82) is 0 Å². The van der Waals surface area contributed by atoms with E-state index in [1.807, 2.05) is 24.3 Å². The summed E-state index contributed by atoms with van der Waals surface area (Å²) in [5.74, 6) is 0.288. The molecule has 6 nitrogen and oxygen atoms in total. The second-order valence-corrected chi connectivity index (χ2v) is 9.06. The maximum atomic E-state index is 12.5. The first-order valence-corrected chi connectivity index (χ1v) is 12.3. The molecule has 4 aromatic rings. The maximum Gasteiger partial charge on any atom is 0.343 e. The van der Waals surface area contributed by atoms with Gasteiger partial charge < -0.3 is 9.47 Å². The largest absolute Gasteiger partial charge is 0.494 e. The molecule has 0 saturated heterocycles. The second kappa shape index (κ2) is 11.6. The Balaban J connectivity index is 1.31. The molecule has 0 bridgehead atoms. The highest BCUT2D eigenvalue weighted by atomic mass is 35.5. The van der Waals surface area contributed by atoms with Crippen molar-refractivity contribution in [2.45, 2.75) is 19.8 Å². The smallest absolute Gasteiger partial charge is 0.343 e. The molecule has 1 aromatic heterocycles. The van der Waals surface area contributed by atoms with Crippen LogP contribution in [0.4, 0.5) is 0 Å². The molecule has 4 rings (SSSR count). The Morgan fingerprint density at radius 1 is 1.00 bits per heavy atom. The van der Waals surface area contributed by atoms with Gasteiger partial charge in [0.1, 0.15) is 16.4 Å². The first kappa shape index (κ1) is 24.4. The van der Waals surface area contributed by atoms with Crippen LogP contribution in [0.2, 0.25) is 5.02 Å². The summed E-state index contributed by atoms with van der Waals surface area (Å²) in [6.45, 7) is 2.75. The van der Waals surface area contributed by atoms with Crippen LogP contribution in [0.5, 0.6) is 11.5 Å². The van der Waals surface area contributed by atoms with Gasteiger partial charge >= 0.3 is 5.97 Å². The van der Waals surface area contributed by atoms with E-state index in [1.165, 1.54) is 17.6 Å². The lowest BCUT2D eigenvalue weighted by atomic mass is 10.2. The van der Waals surface area contributed by atoms with E-state index in [0.29, 0.717) is 27.8 Å². The fourth-order valence-corrected chi connectivity index (χ4v) is 4.59. The van der Waals surface area contributed by atoms with E-state index in [2.05, 4.69) is 17.5 Å². The van der Waals surface area contributed by atoms with E-state index >= 15 is 0 Å². The number of fused-ring (bicyclic) bond motifs is 1. The molecule has 0 unspecified atom stereocenters. The van der Waals surface area contributed by atoms with Gasteiger partial charge in [-0.05, 0) is 66.6 Å². The molecule has 0 aliphatic heterocycles. The van der Waals surface area contributed by atoms with Gasteiger partial charge in [0.2, 0.25) is 0 Å². The number of hydrogen-bond donors (Lipinski definition) is 1. The first-order valence-electron chi connectivity index (χ1n) is 11.1. The lowest BCUT2D eigenvalue weighted by Crippen LogP contribution is -2.16. The molecule has 0 radical (unpaired) electrons. The van der Waals surface area contributed by atoms with Crippen molar-refractivity contribution >= 4 is 51.1 Å². The van der Waals surface area contributed by atoms with Crippen LogP contribution in [-0.2, 0) is 0 Å². The minimum atomic E-state index is -0.459. The number of carbonyl (C=O) groups is 2. The zero-order valence-corrected chi connectivity index (χ0v) is 20.6. The maximum absolute atomic E-state index is 12.5. The van der Waals surface area contributed by atoms with Crippen molar-refractivity contribution in [2.75, 3.05) is 6.61 Å². The van der Waals surface area contributed by atoms with Crippen LogP contribution in [0.15, 0.2) is 77.9 Å². The Morgan fingerprint density at radius 3 is 2.43 bits per heavy atom. The molecule has 35 heavy (non-hydrogen) atoms. The van der Waals surface area contributed by atoms with Gasteiger partial charge in [-0.25, -0.2) is 10.2 Å². The summed E-state index contributed by atoms with van der Waals surface area (Å²) < 4.78 is 12.0. The van der Waals surface area contributed by atoms with E-state index in [0.717, 1.165) is 34.2 Å². The van der Waals surface area contributed by atoms with Crippen LogP contribution in [0.3, 0.4) is 0 Å². The highest BCUT2D eigenvalue weighted by molar-refractivity contribution is 7.21. The van der Waals surface area contributed by atoms with Gasteiger partial charge in [-0.3, -0.25) is 4.79 Å². The molecule has 3 aromatic carbocycles. The number of thiophene rings is 1. The van der Waals surface area contributed by atoms with Crippen molar-refractivity contribution in [3.63, 3.8) is 0 Å². The van der Waals surface area contributed by atoms with Crippen LogP contribution in [0.25, 0.3) is 10.1 Å². The third-order valence-corrected chi connectivity index (χ3v) is 6.74. The Bertz CT molecular complexity index is 1350. The predicted octanol–water partition coefficient (Wildman–Crippen LogP) is 6.72. The van der Waals surface area contributed by atoms with Crippen LogP contribution < -0.4 is 14.9 Å². The van der Waals surface area contributed by atoms with Gasteiger partial charge in [0.05, 0.1) is 23.4 Å². The molecular formula is C27H23ClN2O4S. The Kier molecular flexibility index (Phi) is 8.13. The SMILES string of the molecule is CCCCOc1ccc(C(=O)Oc2ccc(C=NNC(=O)c3sc4ccccc4c3Cl)cc2)cc1. The number of unbranched alkanes of at least 4 members (excludes halogenated alkanes) is 1. The van der Waals surface area contributed by atoms with Gasteiger partial charge in [-0.1, -0.05) is 43.1 Å². The fraction of sp³-hybridized carbons (Fsp3) is 0.148. The van der Waals surface area contributed by atoms with Crippen LogP contribution in [-0.4, -0.2) is 24.7 Å². The normalized spacial score (nSPS) is 11.0. The molecule has 0 atom stereocenters. The van der Waals surface area contributed by atoms with Gasteiger partial charge in [0.25, 0.3) is 5.91 Å². The topological polar surface area (TPSA) is 77.0 Å². The summed E-state index contributed by atoms with van der Waals surface area (Å²) in [5, 5.41) is 5.27.